The van der Waals surface area contributed by atoms with E-state index in [0.717, 1.165) is 24.7 Å². The molecule has 0 aromatic heterocycles. The second-order valence-corrected chi connectivity index (χ2v) is 13.0. The molecule has 1 saturated carbocycles. The zero-order valence-corrected chi connectivity index (χ0v) is 22.8. The molecule has 0 spiro atoms. The molecule has 0 heterocycles. The van der Waals surface area contributed by atoms with Crippen molar-refractivity contribution >= 4 is 19.4 Å². The first-order valence-corrected chi connectivity index (χ1v) is 16.6. The summed E-state index contributed by atoms with van der Waals surface area (Å²) in [4.78, 5) is 9.64. The molecule has 32 heavy (non-hydrogen) atoms. The molecule has 3 unspecified atom stereocenters. The lowest BCUT2D eigenvalue weighted by Crippen LogP contribution is -2.19. The summed E-state index contributed by atoms with van der Waals surface area (Å²) in [6, 6.07) is 0. The normalized spacial score (nSPS) is 19.0. The van der Waals surface area contributed by atoms with Gasteiger partial charge in [0.25, 0.3) is 0 Å². The van der Waals surface area contributed by atoms with Gasteiger partial charge < -0.3 is 9.42 Å². The molecule has 0 saturated heterocycles. The van der Waals surface area contributed by atoms with E-state index in [0.29, 0.717) is 12.8 Å². The van der Waals surface area contributed by atoms with Crippen LogP contribution in [0.15, 0.2) is 0 Å². The molecule has 1 aliphatic rings. The predicted molar refractivity (Wildman–Crippen MR) is 139 cm³/mol. The molecule has 191 valence electrons. The van der Waals surface area contributed by atoms with Crippen molar-refractivity contribution < 1.29 is 19.1 Å². The van der Waals surface area contributed by atoms with Gasteiger partial charge in [-0.25, -0.2) is 5.11 Å². The molecule has 1 rings (SSSR count). The third-order valence-electron chi connectivity index (χ3n) is 6.87. The van der Waals surface area contributed by atoms with Crippen molar-refractivity contribution in [2.24, 2.45) is 11.8 Å². The summed E-state index contributed by atoms with van der Waals surface area (Å²) >= 11 is 2.16. The van der Waals surface area contributed by atoms with Crippen LogP contribution in [0.1, 0.15) is 123 Å². The molecule has 0 aromatic rings. The second kappa shape index (κ2) is 19.7. The van der Waals surface area contributed by atoms with Crippen LogP contribution in [-0.4, -0.2) is 35.3 Å². The Balaban J connectivity index is 1.97. The molecule has 4 nitrogen and oxygen atoms in total. The molecule has 0 bridgehead atoms. The van der Waals surface area contributed by atoms with Crippen LogP contribution >= 0.6 is 19.4 Å². The van der Waals surface area contributed by atoms with Crippen molar-refractivity contribution in [2.45, 2.75) is 129 Å². The number of hydrogen-bond acceptors (Lipinski definition) is 3. The van der Waals surface area contributed by atoms with Crippen LogP contribution in [0.5, 0.6) is 0 Å². The highest BCUT2D eigenvalue weighted by atomic mass is 32.2. The molecule has 1 N–H and O–H groups in total. The van der Waals surface area contributed by atoms with Gasteiger partial charge in [0.15, 0.2) is 0 Å². The highest BCUT2D eigenvalue weighted by molar-refractivity contribution is 7.99. The standard InChI is InChI=1S/C26H52O4PS/c1-3-5-15-25(24-16-11-10-12-17-24)19-22-32-21-14-9-7-6-8-13-18-26(27)23-31(28,29)30-20-4-2/h24-26H,3-23H2,1-2H3,(H,28,29). The zero-order valence-electron chi connectivity index (χ0n) is 21.1. The maximum absolute atomic E-state index is 11.9. The Labute approximate surface area is 203 Å². The smallest absolute Gasteiger partial charge is 0.324 e. The molecule has 6 heteroatoms. The summed E-state index contributed by atoms with van der Waals surface area (Å²) in [5, 5.41) is 11.9. The van der Waals surface area contributed by atoms with Crippen molar-refractivity contribution in [3.05, 3.63) is 0 Å². The van der Waals surface area contributed by atoms with Crippen LogP contribution in [0.25, 0.3) is 0 Å². The fourth-order valence-corrected chi connectivity index (χ4v) is 7.30. The van der Waals surface area contributed by atoms with Gasteiger partial charge in [0, 0.05) is 0 Å². The van der Waals surface area contributed by atoms with Gasteiger partial charge in [-0.1, -0.05) is 97.3 Å². The van der Waals surface area contributed by atoms with E-state index in [2.05, 4.69) is 18.7 Å². The molecule has 1 radical (unpaired) electrons. The maximum atomic E-state index is 11.9. The fourth-order valence-electron chi connectivity index (χ4n) is 4.94. The Bertz CT molecular complexity index is 471. The first kappa shape index (κ1) is 30.5. The maximum Gasteiger partial charge on any atom is 0.330 e. The Hall–Kier alpha value is 0.460. The van der Waals surface area contributed by atoms with Crippen molar-refractivity contribution in [3.8, 4) is 0 Å². The van der Waals surface area contributed by atoms with Gasteiger partial charge in [-0.15, -0.1) is 0 Å². The first-order chi connectivity index (χ1) is 15.5. The van der Waals surface area contributed by atoms with Gasteiger partial charge in [-0.05, 0) is 49.0 Å². The van der Waals surface area contributed by atoms with E-state index < -0.39 is 13.7 Å². The van der Waals surface area contributed by atoms with Crippen molar-refractivity contribution in [2.75, 3.05) is 24.3 Å². The monoisotopic (exact) mass is 491 g/mol. The fraction of sp³-hybridized carbons (Fsp3) is 1.00. The van der Waals surface area contributed by atoms with Crippen LogP contribution in [0.3, 0.4) is 0 Å². The van der Waals surface area contributed by atoms with E-state index in [9.17, 15) is 14.6 Å². The van der Waals surface area contributed by atoms with Crippen molar-refractivity contribution in [1.29, 1.82) is 0 Å². The quantitative estimate of drug-likeness (QED) is 0.129. The molecule has 0 aliphatic heterocycles. The van der Waals surface area contributed by atoms with Gasteiger partial charge in [-0.2, -0.15) is 11.8 Å². The van der Waals surface area contributed by atoms with Gasteiger partial charge in [0.2, 0.25) is 0 Å². The predicted octanol–water partition coefficient (Wildman–Crippen LogP) is 8.64. The summed E-state index contributed by atoms with van der Waals surface area (Å²) in [5.74, 6) is 4.62. The van der Waals surface area contributed by atoms with E-state index in [1.807, 2.05) is 6.92 Å². The van der Waals surface area contributed by atoms with Crippen LogP contribution in [0.2, 0.25) is 0 Å². The molecular formula is C26H52O4PS. The molecular weight excluding hydrogens is 439 g/mol. The van der Waals surface area contributed by atoms with Crippen LogP contribution in [-0.2, 0) is 14.2 Å². The Morgan fingerprint density at radius 3 is 2.25 bits per heavy atom. The lowest BCUT2D eigenvalue weighted by Gasteiger charge is -2.30. The van der Waals surface area contributed by atoms with E-state index in [1.165, 1.54) is 95.0 Å². The third kappa shape index (κ3) is 16.1. The van der Waals surface area contributed by atoms with E-state index in [4.69, 9.17) is 4.52 Å². The summed E-state index contributed by atoms with van der Waals surface area (Å²) in [6.45, 7) is 4.46. The van der Waals surface area contributed by atoms with Crippen LogP contribution in [0.4, 0.5) is 0 Å². The van der Waals surface area contributed by atoms with E-state index in [1.54, 1.807) is 0 Å². The molecule has 1 fully saturated rings. The minimum atomic E-state index is -3.68. The zero-order chi connectivity index (χ0) is 23.5. The second-order valence-electron chi connectivity index (χ2n) is 9.89. The van der Waals surface area contributed by atoms with E-state index >= 15 is 0 Å². The van der Waals surface area contributed by atoms with Gasteiger partial charge in [0.1, 0.15) is 6.10 Å². The largest absolute Gasteiger partial charge is 0.330 e. The van der Waals surface area contributed by atoms with Gasteiger partial charge in [-0.3, -0.25) is 4.57 Å². The summed E-state index contributed by atoms with van der Waals surface area (Å²) in [6.07, 6.45) is 19.8. The van der Waals surface area contributed by atoms with Gasteiger partial charge >= 0.3 is 7.60 Å². The number of thioether (sulfide) groups is 1. The lowest BCUT2D eigenvalue weighted by atomic mass is 9.77. The SMILES string of the molecule is CCCCC(CCSCCCCCCCCC([O])CP(=O)(O)OCCC)C1CCCCC1. The highest BCUT2D eigenvalue weighted by Crippen LogP contribution is 2.43. The minimum absolute atomic E-state index is 0.246. The van der Waals surface area contributed by atoms with Crippen molar-refractivity contribution in [1.82, 2.24) is 0 Å². The highest BCUT2D eigenvalue weighted by Gasteiger charge is 2.25. The Morgan fingerprint density at radius 1 is 0.875 bits per heavy atom. The minimum Gasteiger partial charge on any atom is -0.324 e. The average molecular weight is 492 g/mol. The lowest BCUT2D eigenvalue weighted by molar-refractivity contribution is 0.0907. The molecule has 1 aliphatic carbocycles. The average Bonchev–Trinajstić information content (AvgIpc) is 2.78. The summed E-state index contributed by atoms with van der Waals surface area (Å²) in [7, 11) is -3.68. The third-order valence-corrected chi connectivity index (χ3v) is 9.43. The topological polar surface area (TPSA) is 66.4 Å². The Kier molecular flexibility index (Phi) is 18.8. The molecule has 0 amide bonds. The van der Waals surface area contributed by atoms with Crippen molar-refractivity contribution in [3.63, 3.8) is 0 Å². The van der Waals surface area contributed by atoms with Gasteiger partial charge in [0.05, 0.1) is 12.8 Å². The first-order valence-electron chi connectivity index (χ1n) is 13.7. The number of unbranched alkanes of at least 4 members (excludes halogenated alkanes) is 6. The van der Waals surface area contributed by atoms with Crippen LogP contribution < -0.4 is 0 Å². The van der Waals surface area contributed by atoms with E-state index in [-0.39, 0.29) is 12.8 Å². The Morgan fingerprint density at radius 2 is 1.56 bits per heavy atom. The molecule has 0 aromatic carbocycles. The number of hydrogen-bond donors (Lipinski definition) is 1. The molecule has 3 atom stereocenters. The summed E-state index contributed by atoms with van der Waals surface area (Å²) in [5.41, 5.74) is 0. The van der Waals surface area contributed by atoms with Crippen LogP contribution in [0, 0.1) is 11.8 Å². The summed E-state index contributed by atoms with van der Waals surface area (Å²) < 4.78 is 16.7. The number of rotatable bonds is 21.